The van der Waals surface area contributed by atoms with Crippen LogP contribution in [0.15, 0.2) is 42.5 Å². The largest absolute Gasteiger partial charge is 0.481 e. The first-order valence-corrected chi connectivity index (χ1v) is 6.08. The van der Waals surface area contributed by atoms with Crippen LogP contribution in [-0.2, 0) is 4.74 Å². The molecule has 2 aromatic rings. The van der Waals surface area contributed by atoms with Crippen LogP contribution in [0, 0.1) is 19.3 Å². The van der Waals surface area contributed by atoms with Gasteiger partial charge in [-0.05, 0) is 61.4 Å². The lowest BCUT2D eigenvalue weighted by Crippen LogP contribution is -2.00. The van der Waals surface area contributed by atoms with Crippen LogP contribution in [-0.4, -0.2) is 13.0 Å². The molecule has 0 aliphatic rings. The van der Waals surface area contributed by atoms with Crippen LogP contribution < -0.4 is 4.74 Å². The van der Waals surface area contributed by atoms with E-state index in [1.54, 1.807) is 0 Å². The van der Waals surface area contributed by atoms with Gasteiger partial charge < -0.3 is 9.47 Å². The zero-order chi connectivity index (χ0) is 13.8. The zero-order valence-electron chi connectivity index (χ0n) is 11.4. The summed E-state index contributed by atoms with van der Waals surface area (Å²) in [7, 11) is 1.49. The van der Waals surface area contributed by atoms with E-state index in [0.717, 1.165) is 17.1 Å². The van der Waals surface area contributed by atoms with Crippen LogP contribution in [0.25, 0.3) is 0 Å². The van der Waals surface area contributed by atoms with E-state index in [1.807, 2.05) is 42.5 Å². The summed E-state index contributed by atoms with van der Waals surface area (Å²) in [6.45, 7) is 4.13. The van der Waals surface area contributed by atoms with Crippen molar-refractivity contribution in [3.8, 4) is 11.5 Å². The van der Waals surface area contributed by atoms with E-state index < -0.39 is 0 Å². The molecule has 3 nitrogen and oxygen atoms in total. The van der Waals surface area contributed by atoms with Gasteiger partial charge in [-0.15, -0.1) is 0 Å². The molecule has 0 amide bonds. The van der Waals surface area contributed by atoms with Crippen molar-refractivity contribution in [1.82, 2.24) is 0 Å². The lowest BCUT2D eigenvalue weighted by molar-refractivity contribution is 0.401. The molecule has 0 spiro atoms. The van der Waals surface area contributed by atoms with E-state index in [0.29, 0.717) is 0 Å². The van der Waals surface area contributed by atoms with Crippen molar-refractivity contribution in [2.24, 2.45) is 0 Å². The van der Waals surface area contributed by atoms with Crippen molar-refractivity contribution in [1.29, 1.82) is 5.41 Å². The van der Waals surface area contributed by atoms with Crippen LogP contribution in [0.5, 0.6) is 11.5 Å². The normalized spacial score (nSPS) is 10.1. The Hall–Kier alpha value is -2.29. The summed E-state index contributed by atoms with van der Waals surface area (Å²) < 4.78 is 10.6. The summed E-state index contributed by atoms with van der Waals surface area (Å²) in [5.74, 6) is 1.71. The fourth-order valence-corrected chi connectivity index (χ4v) is 1.71. The molecule has 0 aliphatic heterocycles. The van der Waals surface area contributed by atoms with E-state index in [2.05, 4.69) is 13.8 Å². The molecule has 0 unspecified atom stereocenters. The maximum absolute atomic E-state index is 7.56. The Morgan fingerprint density at radius 2 is 1.53 bits per heavy atom. The molecule has 0 aliphatic carbocycles. The van der Waals surface area contributed by atoms with E-state index in [4.69, 9.17) is 14.9 Å². The van der Waals surface area contributed by atoms with E-state index in [1.165, 1.54) is 18.2 Å². The third-order valence-corrected chi connectivity index (χ3v) is 3.03. The molecule has 0 bridgehead atoms. The first-order valence-electron chi connectivity index (χ1n) is 6.08. The van der Waals surface area contributed by atoms with Gasteiger partial charge in [-0.3, -0.25) is 5.41 Å². The molecule has 19 heavy (non-hydrogen) atoms. The smallest absolute Gasteiger partial charge is 0.212 e. The number of aryl methyl sites for hydroxylation is 2. The van der Waals surface area contributed by atoms with Gasteiger partial charge in [0.2, 0.25) is 5.90 Å². The van der Waals surface area contributed by atoms with E-state index in [-0.39, 0.29) is 5.90 Å². The molecule has 0 saturated heterocycles. The summed E-state index contributed by atoms with van der Waals surface area (Å²) in [5, 5.41) is 7.56. The third-order valence-electron chi connectivity index (χ3n) is 3.03. The Labute approximate surface area is 113 Å². The SMILES string of the molecule is COC(=N)c1ccc(Oc2ccc(C)c(C)c2)cc1. The van der Waals surface area contributed by atoms with Gasteiger partial charge in [0.15, 0.2) is 0 Å². The number of nitrogens with one attached hydrogen (secondary N) is 1. The average molecular weight is 255 g/mol. The number of hydrogen-bond donors (Lipinski definition) is 1. The Morgan fingerprint density at radius 3 is 2.11 bits per heavy atom. The maximum Gasteiger partial charge on any atom is 0.212 e. The highest BCUT2D eigenvalue weighted by Crippen LogP contribution is 2.24. The first kappa shape index (κ1) is 13.1. The second-order valence-corrected chi connectivity index (χ2v) is 4.41. The molecular weight excluding hydrogens is 238 g/mol. The van der Waals surface area contributed by atoms with Crippen molar-refractivity contribution in [2.75, 3.05) is 7.11 Å². The quantitative estimate of drug-likeness (QED) is 0.663. The van der Waals surface area contributed by atoms with Gasteiger partial charge in [-0.1, -0.05) is 6.07 Å². The van der Waals surface area contributed by atoms with Crippen LogP contribution in [0.3, 0.4) is 0 Å². The molecule has 2 aromatic carbocycles. The standard InChI is InChI=1S/C16H17NO2/c1-11-4-7-15(10-12(11)2)19-14-8-5-13(6-9-14)16(17)18-3/h4-10,17H,1-3H3. The van der Waals surface area contributed by atoms with Crippen molar-refractivity contribution in [3.05, 3.63) is 59.2 Å². The van der Waals surface area contributed by atoms with E-state index >= 15 is 0 Å². The molecule has 0 aromatic heterocycles. The number of benzene rings is 2. The monoisotopic (exact) mass is 255 g/mol. The Bertz CT molecular complexity index is 588. The summed E-state index contributed by atoms with van der Waals surface area (Å²) >= 11 is 0. The van der Waals surface area contributed by atoms with Crippen molar-refractivity contribution in [3.63, 3.8) is 0 Å². The van der Waals surface area contributed by atoms with Crippen LogP contribution in [0.1, 0.15) is 16.7 Å². The predicted octanol–water partition coefficient (Wildman–Crippen LogP) is 4.07. The molecule has 1 N–H and O–H groups in total. The highest BCUT2D eigenvalue weighted by atomic mass is 16.5. The zero-order valence-corrected chi connectivity index (χ0v) is 11.4. The Kier molecular flexibility index (Phi) is 3.85. The van der Waals surface area contributed by atoms with Crippen molar-refractivity contribution in [2.45, 2.75) is 13.8 Å². The van der Waals surface area contributed by atoms with E-state index in [9.17, 15) is 0 Å². The fourth-order valence-electron chi connectivity index (χ4n) is 1.71. The number of methoxy groups -OCH3 is 1. The molecule has 0 heterocycles. The second-order valence-electron chi connectivity index (χ2n) is 4.41. The first-order chi connectivity index (χ1) is 9.10. The highest BCUT2D eigenvalue weighted by Gasteiger charge is 2.03. The Morgan fingerprint density at radius 1 is 0.895 bits per heavy atom. The highest BCUT2D eigenvalue weighted by molar-refractivity contribution is 5.91. The molecule has 0 saturated carbocycles. The molecule has 0 fully saturated rings. The lowest BCUT2D eigenvalue weighted by Gasteiger charge is -2.09. The van der Waals surface area contributed by atoms with Gasteiger partial charge in [0, 0.05) is 5.56 Å². The third kappa shape index (κ3) is 3.13. The average Bonchev–Trinajstić information content (AvgIpc) is 2.43. The maximum atomic E-state index is 7.56. The van der Waals surface area contributed by atoms with Crippen molar-refractivity contribution >= 4 is 5.90 Å². The summed E-state index contributed by atoms with van der Waals surface area (Å²) in [6.07, 6.45) is 0. The van der Waals surface area contributed by atoms with Crippen LogP contribution in [0.4, 0.5) is 0 Å². The fraction of sp³-hybridized carbons (Fsp3) is 0.188. The minimum Gasteiger partial charge on any atom is -0.481 e. The second kappa shape index (κ2) is 5.57. The van der Waals surface area contributed by atoms with Gasteiger partial charge in [-0.25, -0.2) is 0 Å². The molecular formula is C16H17NO2. The number of rotatable bonds is 3. The summed E-state index contributed by atoms with van der Waals surface area (Å²) in [5.41, 5.74) is 3.18. The van der Waals surface area contributed by atoms with Gasteiger partial charge in [0.05, 0.1) is 7.11 Å². The minimum absolute atomic E-state index is 0.151. The lowest BCUT2D eigenvalue weighted by atomic mass is 10.1. The van der Waals surface area contributed by atoms with Crippen LogP contribution in [0.2, 0.25) is 0 Å². The number of hydrogen-bond acceptors (Lipinski definition) is 3. The summed E-state index contributed by atoms with van der Waals surface area (Å²) in [6, 6.07) is 13.3. The molecule has 0 radical (unpaired) electrons. The van der Waals surface area contributed by atoms with Gasteiger partial charge >= 0.3 is 0 Å². The molecule has 3 heteroatoms. The molecule has 2 rings (SSSR count). The predicted molar refractivity (Wildman–Crippen MR) is 76.3 cm³/mol. The summed E-state index contributed by atoms with van der Waals surface area (Å²) in [4.78, 5) is 0. The van der Waals surface area contributed by atoms with Gasteiger partial charge in [0.25, 0.3) is 0 Å². The van der Waals surface area contributed by atoms with Crippen LogP contribution >= 0.6 is 0 Å². The topological polar surface area (TPSA) is 42.3 Å². The van der Waals surface area contributed by atoms with Gasteiger partial charge in [-0.2, -0.15) is 0 Å². The molecule has 98 valence electrons. The number of ether oxygens (including phenoxy) is 2. The minimum atomic E-state index is 0.151. The molecule has 0 atom stereocenters. The van der Waals surface area contributed by atoms with Crippen molar-refractivity contribution < 1.29 is 9.47 Å². The van der Waals surface area contributed by atoms with Gasteiger partial charge in [0.1, 0.15) is 11.5 Å². The Balaban J connectivity index is 2.15.